The zero-order chi connectivity index (χ0) is 12.1. The van der Waals surface area contributed by atoms with Gasteiger partial charge in [-0.15, -0.1) is 0 Å². The maximum Gasteiger partial charge on any atom is 0.219 e. The van der Waals surface area contributed by atoms with Gasteiger partial charge in [0.05, 0.1) is 0 Å². The summed E-state index contributed by atoms with van der Waals surface area (Å²) in [4.78, 5) is 10.7. The van der Waals surface area contributed by atoms with Crippen LogP contribution in [-0.4, -0.2) is 47.4 Å². The molecule has 0 unspecified atom stereocenters. The molecule has 0 aliphatic carbocycles. The highest BCUT2D eigenvalue weighted by Gasteiger charge is 2.11. The van der Waals surface area contributed by atoms with E-state index in [1.165, 1.54) is 37.7 Å². The van der Waals surface area contributed by atoms with Gasteiger partial charge >= 0.3 is 0 Å². The Labute approximate surface area is 106 Å². The molecular weight excluding hydrogens is 236 g/mol. The summed E-state index contributed by atoms with van der Waals surface area (Å²) >= 11 is 1.46. The molecule has 94 valence electrons. The van der Waals surface area contributed by atoms with Crippen LogP contribution in [-0.2, 0) is 0 Å². The van der Waals surface area contributed by atoms with Crippen molar-refractivity contribution in [3.8, 4) is 5.88 Å². The van der Waals surface area contributed by atoms with Gasteiger partial charge in [0.25, 0.3) is 0 Å². The van der Waals surface area contributed by atoms with Gasteiger partial charge in [0.15, 0.2) is 5.16 Å². The zero-order valence-corrected chi connectivity index (χ0v) is 10.9. The predicted molar refractivity (Wildman–Crippen MR) is 69.4 cm³/mol. The molecule has 0 bridgehead atoms. The quantitative estimate of drug-likeness (QED) is 0.630. The molecule has 17 heavy (non-hydrogen) atoms. The fourth-order valence-electron chi connectivity index (χ4n) is 1.87. The smallest absolute Gasteiger partial charge is 0.219 e. The van der Waals surface area contributed by atoms with Gasteiger partial charge in [-0.25, -0.2) is 4.98 Å². The molecule has 1 aromatic heterocycles. The highest BCUT2D eigenvalue weighted by molar-refractivity contribution is 7.98. The van der Waals surface area contributed by atoms with Crippen molar-refractivity contribution in [2.24, 2.45) is 0 Å². The Bertz CT molecular complexity index is 368. The van der Waals surface area contributed by atoms with E-state index in [1.54, 1.807) is 6.07 Å². The first kappa shape index (κ1) is 12.4. The summed E-state index contributed by atoms with van der Waals surface area (Å²) in [5.74, 6) is 1.03. The summed E-state index contributed by atoms with van der Waals surface area (Å²) in [5, 5.41) is 0.654. The first-order chi connectivity index (χ1) is 8.28. The third kappa shape index (κ3) is 3.74. The molecule has 1 aliphatic rings. The number of ether oxygens (including phenoxy) is 1. The third-order valence-electron chi connectivity index (χ3n) is 2.74. The molecule has 1 aromatic rings. The van der Waals surface area contributed by atoms with Gasteiger partial charge in [-0.05, 0) is 32.2 Å². The van der Waals surface area contributed by atoms with E-state index >= 15 is 0 Å². The van der Waals surface area contributed by atoms with Crippen LogP contribution in [0, 0.1) is 0 Å². The minimum atomic E-state index is 0.459. The first-order valence-electron chi connectivity index (χ1n) is 5.81. The van der Waals surface area contributed by atoms with Crippen LogP contribution in [0.3, 0.4) is 0 Å². The van der Waals surface area contributed by atoms with Gasteiger partial charge in [-0.2, -0.15) is 4.98 Å². The minimum Gasteiger partial charge on any atom is -0.476 e. The van der Waals surface area contributed by atoms with Gasteiger partial charge < -0.3 is 10.5 Å². The number of nitrogens with two attached hydrogens (primary N) is 1. The molecule has 5 nitrogen and oxygen atoms in total. The zero-order valence-electron chi connectivity index (χ0n) is 10.1. The fraction of sp³-hybridized carbons (Fsp3) is 0.636. The van der Waals surface area contributed by atoms with E-state index in [9.17, 15) is 0 Å². The van der Waals surface area contributed by atoms with E-state index in [4.69, 9.17) is 10.5 Å². The van der Waals surface area contributed by atoms with Crippen molar-refractivity contribution in [1.29, 1.82) is 0 Å². The van der Waals surface area contributed by atoms with Crippen LogP contribution < -0.4 is 10.5 Å². The van der Waals surface area contributed by atoms with Gasteiger partial charge in [-0.3, -0.25) is 4.90 Å². The first-order valence-corrected chi connectivity index (χ1v) is 7.04. The van der Waals surface area contributed by atoms with Crippen LogP contribution in [0.2, 0.25) is 0 Å². The van der Waals surface area contributed by atoms with E-state index < -0.39 is 0 Å². The number of thioether (sulfide) groups is 1. The summed E-state index contributed by atoms with van der Waals surface area (Å²) in [6.45, 7) is 3.99. The summed E-state index contributed by atoms with van der Waals surface area (Å²) in [7, 11) is 0. The number of nitrogens with zero attached hydrogens (tertiary/aromatic N) is 3. The van der Waals surface area contributed by atoms with Crippen LogP contribution >= 0.6 is 11.8 Å². The van der Waals surface area contributed by atoms with Crippen LogP contribution in [0.4, 0.5) is 5.82 Å². The number of hydrogen-bond donors (Lipinski definition) is 1. The van der Waals surface area contributed by atoms with E-state index in [0.29, 0.717) is 23.5 Å². The lowest BCUT2D eigenvalue weighted by molar-refractivity contribution is 0.230. The maximum absolute atomic E-state index is 5.67. The largest absolute Gasteiger partial charge is 0.476 e. The molecule has 0 aromatic carbocycles. The monoisotopic (exact) mass is 254 g/mol. The Morgan fingerprint density at radius 1 is 1.41 bits per heavy atom. The second kappa shape index (κ2) is 6.07. The average Bonchev–Trinajstić information content (AvgIpc) is 2.81. The summed E-state index contributed by atoms with van der Waals surface area (Å²) < 4.78 is 5.61. The highest BCUT2D eigenvalue weighted by atomic mass is 32.2. The van der Waals surface area contributed by atoms with Crippen molar-refractivity contribution in [2.45, 2.75) is 18.0 Å². The Hall–Kier alpha value is -1.01. The molecule has 1 fully saturated rings. The van der Waals surface area contributed by atoms with Crippen LogP contribution in [0.5, 0.6) is 5.88 Å². The third-order valence-corrected chi connectivity index (χ3v) is 3.29. The van der Waals surface area contributed by atoms with E-state index in [1.807, 2.05) is 6.26 Å². The average molecular weight is 254 g/mol. The minimum absolute atomic E-state index is 0.459. The van der Waals surface area contributed by atoms with Gasteiger partial charge in [-0.1, -0.05) is 11.8 Å². The molecule has 1 aliphatic heterocycles. The van der Waals surface area contributed by atoms with E-state index in [0.717, 1.165) is 6.54 Å². The van der Waals surface area contributed by atoms with Crippen LogP contribution in [0.15, 0.2) is 11.2 Å². The van der Waals surface area contributed by atoms with Gasteiger partial charge in [0.2, 0.25) is 5.88 Å². The fourth-order valence-corrected chi connectivity index (χ4v) is 2.25. The molecule has 2 heterocycles. The molecule has 2 rings (SSSR count). The normalized spacial score (nSPS) is 16.3. The second-order valence-electron chi connectivity index (χ2n) is 4.01. The summed E-state index contributed by atoms with van der Waals surface area (Å²) in [6.07, 6.45) is 4.52. The van der Waals surface area contributed by atoms with Crippen molar-refractivity contribution in [2.75, 3.05) is 38.2 Å². The predicted octanol–water partition coefficient (Wildman–Crippen LogP) is 1.26. The Morgan fingerprint density at radius 2 is 2.18 bits per heavy atom. The number of likely N-dealkylation sites (tertiary alicyclic amines) is 1. The summed E-state index contributed by atoms with van der Waals surface area (Å²) in [6, 6.07) is 1.67. The number of aromatic nitrogens is 2. The van der Waals surface area contributed by atoms with Crippen LogP contribution in [0.1, 0.15) is 12.8 Å². The Kier molecular flexibility index (Phi) is 4.44. The van der Waals surface area contributed by atoms with Crippen molar-refractivity contribution in [1.82, 2.24) is 14.9 Å². The van der Waals surface area contributed by atoms with Gasteiger partial charge in [0, 0.05) is 12.6 Å². The second-order valence-corrected chi connectivity index (χ2v) is 4.79. The SMILES string of the molecule is CSc1nc(N)cc(OCCN2CCCC2)n1. The Morgan fingerprint density at radius 3 is 2.88 bits per heavy atom. The standard InChI is InChI=1S/C11H18N4OS/c1-17-11-13-9(12)8-10(14-11)16-7-6-15-4-2-3-5-15/h8H,2-7H2,1H3,(H2,12,13,14). The van der Waals surface area contributed by atoms with Crippen molar-refractivity contribution >= 4 is 17.6 Å². The van der Waals surface area contributed by atoms with Crippen molar-refractivity contribution in [3.05, 3.63) is 6.07 Å². The number of nitrogen functional groups attached to an aromatic ring is 1. The molecule has 1 saturated heterocycles. The number of rotatable bonds is 5. The van der Waals surface area contributed by atoms with Crippen LogP contribution in [0.25, 0.3) is 0 Å². The number of anilines is 1. The molecule has 0 radical (unpaired) electrons. The maximum atomic E-state index is 5.67. The Balaban J connectivity index is 1.83. The molecule has 0 amide bonds. The number of hydrogen-bond acceptors (Lipinski definition) is 6. The molecule has 0 spiro atoms. The van der Waals surface area contributed by atoms with Crippen molar-refractivity contribution in [3.63, 3.8) is 0 Å². The molecule has 0 saturated carbocycles. The topological polar surface area (TPSA) is 64.3 Å². The lowest BCUT2D eigenvalue weighted by atomic mass is 10.4. The highest BCUT2D eigenvalue weighted by Crippen LogP contribution is 2.17. The lowest BCUT2D eigenvalue weighted by Crippen LogP contribution is -2.25. The van der Waals surface area contributed by atoms with E-state index in [2.05, 4.69) is 14.9 Å². The molecule has 2 N–H and O–H groups in total. The molecule has 0 atom stereocenters. The van der Waals surface area contributed by atoms with Gasteiger partial charge in [0.1, 0.15) is 12.4 Å². The molecular formula is C11H18N4OS. The molecule has 6 heteroatoms. The summed E-state index contributed by atoms with van der Waals surface area (Å²) in [5.41, 5.74) is 5.67. The van der Waals surface area contributed by atoms with E-state index in [-0.39, 0.29) is 0 Å². The lowest BCUT2D eigenvalue weighted by Gasteiger charge is -2.14. The van der Waals surface area contributed by atoms with Crippen molar-refractivity contribution < 1.29 is 4.74 Å².